The first-order chi connectivity index (χ1) is 9.51. The lowest BCUT2D eigenvalue weighted by Crippen LogP contribution is -2.14. The van der Waals surface area contributed by atoms with E-state index in [4.69, 9.17) is 5.26 Å². The number of nitrogens with zero attached hydrogens (tertiary/aromatic N) is 2. The van der Waals surface area contributed by atoms with E-state index in [1.54, 1.807) is 12.1 Å². The number of halogens is 1. The highest BCUT2D eigenvalue weighted by Gasteiger charge is 2.14. The quantitative estimate of drug-likeness (QED) is 0.874. The first-order valence-electron chi connectivity index (χ1n) is 5.62. The van der Waals surface area contributed by atoms with Crippen LogP contribution >= 0.6 is 0 Å². The van der Waals surface area contributed by atoms with E-state index in [-0.39, 0.29) is 17.1 Å². The van der Waals surface area contributed by atoms with Gasteiger partial charge in [0.2, 0.25) is 5.95 Å². The summed E-state index contributed by atoms with van der Waals surface area (Å²) in [5.41, 5.74) is 0.718. The third-order valence-corrected chi connectivity index (χ3v) is 3.84. The minimum Gasteiger partial charge on any atom is -0.263 e. The van der Waals surface area contributed by atoms with Gasteiger partial charge in [-0.05, 0) is 29.8 Å². The SMILES string of the molecule is N#CCc1ccc(S(=O)(=O)Nc2cccc(F)n2)cc1. The van der Waals surface area contributed by atoms with Crippen LogP contribution in [-0.4, -0.2) is 13.4 Å². The molecule has 0 saturated heterocycles. The van der Waals surface area contributed by atoms with Gasteiger partial charge < -0.3 is 0 Å². The maximum Gasteiger partial charge on any atom is 0.263 e. The molecule has 0 aliphatic carbocycles. The van der Waals surface area contributed by atoms with Crippen molar-refractivity contribution in [3.8, 4) is 6.07 Å². The number of hydrogen-bond donors (Lipinski definition) is 1. The Bertz CT molecular complexity index is 752. The Morgan fingerprint density at radius 3 is 2.50 bits per heavy atom. The van der Waals surface area contributed by atoms with Crippen molar-refractivity contribution in [3.63, 3.8) is 0 Å². The number of hydrogen-bond acceptors (Lipinski definition) is 4. The van der Waals surface area contributed by atoms with Gasteiger partial charge in [-0.2, -0.15) is 9.65 Å². The van der Waals surface area contributed by atoms with Gasteiger partial charge in [0.1, 0.15) is 5.82 Å². The molecule has 20 heavy (non-hydrogen) atoms. The van der Waals surface area contributed by atoms with Gasteiger partial charge in [-0.15, -0.1) is 0 Å². The van der Waals surface area contributed by atoms with Crippen LogP contribution in [-0.2, 0) is 16.4 Å². The molecule has 2 rings (SSSR count). The molecule has 0 spiro atoms. The highest BCUT2D eigenvalue weighted by molar-refractivity contribution is 7.92. The molecule has 0 aliphatic rings. The van der Waals surface area contributed by atoms with Crippen LogP contribution in [0.15, 0.2) is 47.4 Å². The smallest absolute Gasteiger partial charge is 0.263 e. The van der Waals surface area contributed by atoms with Crippen molar-refractivity contribution in [1.82, 2.24) is 4.98 Å². The second-order valence-electron chi connectivity index (χ2n) is 3.93. The highest BCUT2D eigenvalue weighted by Crippen LogP contribution is 2.15. The molecule has 0 saturated carbocycles. The summed E-state index contributed by atoms with van der Waals surface area (Å²) >= 11 is 0. The Balaban J connectivity index is 2.24. The molecule has 1 heterocycles. The molecule has 5 nitrogen and oxygen atoms in total. The minimum atomic E-state index is -3.82. The molecule has 2 aromatic rings. The summed E-state index contributed by atoms with van der Waals surface area (Å²) in [6.07, 6.45) is 0.208. The molecule has 0 fully saturated rings. The van der Waals surface area contributed by atoms with Crippen LogP contribution in [0.2, 0.25) is 0 Å². The third-order valence-electron chi connectivity index (χ3n) is 2.47. The van der Waals surface area contributed by atoms with Crippen LogP contribution in [0.5, 0.6) is 0 Å². The molecule has 0 bridgehead atoms. The summed E-state index contributed by atoms with van der Waals surface area (Å²) < 4.78 is 39.2. The average molecular weight is 291 g/mol. The number of sulfonamides is 1. The molecule has 1 N–H and O–H groups in total. The first kappa shape index (κ1) is 14.0. The second-order valence-corrected chi connectivity index (χ2v) is 5.61. The summed E-state index contributed by atoms with van der Waals surface area (Å²) in [6, 6.07) is 11.7. The largest absolute Gasteiger partial charge is 0.263 e. The van der Waals surface area contributed by atoms with E-state index in [0.717, 1.165) is 11.6 Å². The van der Waals surface area contributed by atoms with E-state index in [2.05, 4.69) is 9.71 Å². The molecular formula is C13H10FN3O2S. The molecule has 0 atom stereocenters. The molecule has 7 heteroatoms. The van der Waals surface area contributed by atoms with Crippen LogP contribution < -0.4 is 4.72 Å². The van der Waals surface area contributed by atoms with E-state index in [1.165, 1.54) is 24.3 Å². The van der Waals surface area contributed by atoms with Crippen LogP contribution in [0, 0.1) is 17.3 Å². The zero-order chi connectivity index (χ0) is 14.6. The number of nitriles is 1. The molecule has 0 radical (unpaired) electrons. The molecule has 0 unspecified atom stereocenters. The van der Waals surface area contributed by atoms with Gasteiger partial charge in [0.15, 0.2) is 0 Å². The maximum absolute atomic E-state index is 12.9. The molecule has 0 amide bonds. The van der Waals surface area contributed by atoms with Gasteiger partial charge in [-0.25, -0.2) is 13.4 Å². The molecular weight excluding hydrogens is 281 g/mol. The lowest BCUT2D eigenvalue weighted by molar-refractivity contribution is 0.584. The van der Waals surface area contributed by atoms with Gasteiger partial charge in [0.05, 0.1) is 17.4 Å². The fourth-order valence-corrected chi connectivity index (χ4v) is 2.54. The maximum atomic E-state index is 12.9. The normalized spacial score (nSPS) is 10.8. The molecule has 102 valence electrons. The third kappa shape index (κ3) is 3.30. The summed E-state index contributed by atoms with van der Waals surface area (Å²) in [4.78, 5) is 3.45. The number of nitrogens with one attached hydrogen (secondary N) is 1. The van der Waals surface area contributed by atoms with Crippen molar-refractivity contribution in [1.29, 1.82) is 5.26 Å². The Kier molecular flexibility index (Phi) is 3.96. The van der Waals surface area contributed by atoms with E-state index >= 15 is 0 Å². The van der Waals surface area contributed by atoms with Gasteiger partial charge >= 0.3 is 0 Å². The van der Waals surface area contributed by atoms with E-state index in [0.29, 0.717) is 0 Å². The predicted octanol–water partition coefficient (Wildman–Crippen LogP) is 2.09. The fourth-order valence-electron chi connectivity index (χ4n) is 1.54. The van der Waals surface area contributed by atoms with Crippen molar-refractivity contribution in [2.75, 3.05) is 4.72 Å². The van der Waals surface area contributed by atoms with Crippen LogP contribution in [0.3, 0.4) is 0 Å². The van der Waals surface area contributed by atoms with Gasteiger partial charge in [-0.3, -0.25) is 4.72 Å². The Hall–Kier alpha value is -2.46. The number of aromatic nitrogens is 1. The fraction of sp³-hybridized carbons (Fsp3) is 0.0769. The van der Waals surface area contributed by atoms with Crippen LogP contribution in [0.4, 0.5) is 10.2 Å². The summed E-state index contributed by atoms with van der Waals surface area (Å²) in [6.45, 7) is 0. The lowest BCUT2D eigenvalue weighted by atomic mass is 10.2. The highest BCUT2D eigenvalue weighted by atomic mass is 32.2. The number of benzene rings is 1. The minimum absolute atomic E-state index is 0.0188. The van der Waals surface area contributed by atoms with Crippen molar-refractivity contribution >= 4 is 15.8 Å². The molecule has 1 aromatic heterocycles. The zero-order valence-electron chi connectivity index (χ0n) is 10.2. The standard InChI is InChI=1S/C13H10FN3O2S/c14-12-2-1-3-13(16-12)17-20(18,19)11-6-4-10(5-7-11)8-9-15/h1-7H,8H2,(H,16,17). The van der Waals surface area contributed by atoms with Crippen molar-refractivity contribution in [2.24, 2.45) is 0 Å². The Morgan fingerprint density at radius 1 is 1.20 bits per heavy atom. The average Bonchev–Trinajstić information content (AvgIpc) is 2.39. The number of pyridine rings is 1. The monoisotopic (exact) mass is 291 g/mol. The van der Waals surface area contributed by atoms with E-state index < -0.39 is 16.0 Å². The van der Waals surface area contributed by atoms with Crippen molar-refractivity contribution < 1.29 is 12.8 Å². The molecule has 0 aliphatic heterocycles. The van der Waals surface area contributed by atoms with Gasteiger partial charge in [0.25, 0.3) is 10.0 Å². The summed E-state index contributed by atoms with van der Waals surface area (Å²) in [7, 11) is -3.82. The molecule has 1 aromatic carbocycles. The van der Waals surface area contributed by atoms with Crippen LogP contribution in [0.1, 0.15) is 5.56 Å². The number of rotatable bonds is 4. The van der Waals surface area contributed by atoms with E-state index in [1.807, 2.05) is 6.07 Å². The zero-order valence-corrected chi connectivity index (χ0v) is 11.1. The van der Waals surface area contributed by atoms with Crippen molar-refractivity contribution in [2.45, 2.75) is 11.3 Å². The van der Waals surface area contributed by atoms with Gasteiger partial charge in [-0.1, -0.05) is 18.2 Å². The second kappa shape index (κ2) is 5.67. The Morgan fingerprint density at radius 2 is 1.90 bits per heavy atom. The topological polar surface area (TPSA) is 82.8 Å². The van der Waals surface area contributed by atoms with Crippen LogP contribution in [0.25, 0.3) is 0 Å². The summed E-state index contributed by atoms with van der Waals surface area (Å²) in [5, 5.41) is 8.55. The lowest BCUT2D eigenvalue weighted by Gasteiger charge is -2.07. The number of anilines is 1. The Labute approximate surface area is 115 Å². The first-order valence-corrected chi connectivity index (χ1v) is 7.11. The predicted molar refractivity (Wildman–Crippen MR) is 70.8 cm³/mol. The van der Waals surface area contributed by atoms with Gasteiger partial charge in [0, 0.05) is 0 Å². The van der Waals surface area contributed by atoms with Crippen molar-refractivity contribution in [3.05, 3.63) is 54.0 Å². The summed E-state index contributed by atoms with van der Waals surface area (Å²) in [5.74, 6) is -0.860. The van der Waals surface area contributed by atoms with E-state index in [9.17, 15) is 12.8 Å².